The van der Waals surface area contributed by atoms with E-state index in [0.29, 0.717) is 0 Å². The number of nitrogens with one attached hydrogen (secondary N) is 1. The van der Waals surface area contributed by atoms with E-state index in [9.17, 15) is 0 Å². The third kappa shape index (κ3) is 2.20. The van der Waals surface area contributed by atoms with Gasteiger partial charge in [-0.25, -0.2) is 0 Å². The fraction of sp³-hybridized carbons (Fsp3) is 0.250. The summed E-state index contributed by atoms with van der Waals surface area (Å²) < 4.78 is 0.973. The second kappa shape index (κ2) is 4.23. The lowest BCUT2D eigenvalue weighted by Crippen LogP contribution is -2.25. The number of hydrogen-bond acceptors (Lipinski definition) is 2. The molecule has 1 aromatic rings. The molecule has 4 heteroatoms. The summed E-state index contributed by atoms with van der Waals surface area (Å²) >= 11 is 9.31. The van der Waals surface area contributed by atoms with Gasteiger partial charge in [-0.05, 0) is 24.6 Å². The van der Waals surface area contributed by atoms with E-state index in [1.807, 2.05) is 25.1 Å². The van der Waals surface area contributed by atoms with Gasteiger partial charge >= 0.3 is 0 Å². The van der Waals surface area contributed by atoms with Gasteiger partial charge in [-0.2, -0.15) is 0 Å². The van der Waals surface area contributed by atoms with Crippen molar-refractivity contribution >= 4 is 27.5 Å². The van der Waals surface area contributed by atoms with Crippen LogP contribution in [-0.2, 0) is 0 Å². The van der Waals surface area contributed by atoms with E-state index in [4.69, 9.17) is 17.4 Å². The molecular formula is C8H10BrClN2. The van der Waals surface area contributed by atoms with Crippen LogP contribution in [0.3, 0.4) is 0 Å². The minimum Gasteiger partial charge on any atom is -0.271 e. The normalized spacial score (nSPS) is 13.0. The number of halogens is 2. The Labute approximate surface area is 85.2 Å². The van der Waals surface area contributed by atoms with Crippen LogP contribution in [0.15, 0.2) is 22.7 Å². The van der Waals surface area contributed by atoms with E-state index in [2.05, 4.69) is 21.4 Å². The Morgan fingerprint density at radius 2 is 2.25 bits per heavy atom. The van der Waals surface area contributed by atoms with Crippen molar-refractivity contribution in [3.05, 3.63) is 33.3 Å². The zero-order chi connectivity index (χ0) is 9.14. The van der Waals surface area contributed by atoms with Gasteiger partial charge in [0, 0.05) is 15.5 Å². The maximum Gasteiger partial charge on any atom is 0.0465 e. The summed E-state index contributed by atoms with van der Waals surface area (Å²) in [6.45, 7) is 1.95. The molecule has 1 atom stereocenters. The first-order valence-electron chi connectivity index (χ1n) is 3.56. The van der Waals surface area contributed by atoms with Gasteiger partial charge in [0.15, 0.2) is 0 Å². The van der Waals surface area contributed by atoms with E-state index >= 15 is 0 Å². The molecule has 0 fully saturated rings. The van der Waals surface area contributed by atoms with E-state index in [0.717, 1.165) is 15.1 Å². The van der Waals surface area contributed by atoms with Crippen LogP contribution >= 0.6 is 27.5 Å². The summed E-state index contributed by atoms with van der Waals surface area (Å²) in [6.07, 6.45) is 0. The zero-order valence-corrected chi connectivity index (χ0v) is 8.98. The second-order valence-electron chi connectivity index (χ2n) is 2.55. The Kier molecular flexibility index (Phi) is 3.53. The average molecular weight is 250 g/mol. The van der Waals surface area contributed by atoms with Crippen molar-refractivity contribution in [2.45, 2.75) is 13.0 Å². The van der Waals surface area contributed by atoms with Gasteiger partial charge in [-0.3, -0.25) is 11.3 Å². The molecule has 0 saturated carbocycles. The Bertz CT molecular complexity index is 278. The molecule has 0 aliphatic rings. The molecule has 3 N–H and O–H groups in total. The highest BCUT2D eigenvalue weighted by molar-refractivity contribution is 9.10. The summed E-state index contributed by atoms with van der Waals surface area (Å²) in [5.41, 5.74) is 3.64. The van der Waals surface area contributed by atoms with Gasteiger partial charge in [-0.15, -0.1) is 0 Å². The highest BCUT2D eigenvalue weighted by Gasteiger charge is 2.06. The van der Waals surface area contributed by atoms with Crippen LogP contribution in [0, 0.1) is 0 Å². The topological polar surface area (TPSA) is 38.0 Å². The maximum atomic E-state index is 5.98. The van der Waals surface area contributed by atoms with Crippen LogP contribution in [0.5, 0.6) is 0 Å². The van der Waals surface area contributed by atoms with Crippen molar-refractivity contribution < 1.29 is 0 Å². The van der Waals surface area contributed by atoms with E-state index < -0.39 is 0 Å². The molecule has 0 radical (unpaired) electrons. The smallest absolute Gasteiger partial charge is 0.0465 e. The van der Waals surface area contributed by atoms with Gasteiger partial charge in [0.2, 0.25) is 0 Å². The monoisotopic (exact) mass is 248 g/mol. The summed E-state index contributed by atoms with van der Waals surface area (Å²) in [7, 11) is 0. The fourth-order valence-electron chi connectivity index (χ4n) is 0.942. The first-order chi connectivity index (χ1) is 5.65. The lowest BCUT2D eigenvalue weighted by Gasteiger charge is -2.11. The van der Waals surface area contributed by atoms with Crippen LogP contribution in [0.1, 0.15) is 18.5 Å². The first-order valence-corrected chi connectivity index (χ1v) is 4.73. The number of hydrogen-bond donors (Lipinski definition) is 2. The molecule has 0 heterocycles. The van der Waals surface area contributed by atoms with Crippen LogP contribution in [0.25, 0.3) is 0 Å². The molecule has 0 bridgehead atoms. The van der Waals surface area contributed by atoms with Crippen molar-refractivity contribution in [2.24, 2.45) is 5.84 Å². The molecule has 0 aromatic heterocycles. The largest absolute Gasteiger partial charge is 0.271 e. The van der Waals surface area contributed by atoms with E-state index in [1.54, 1.807) is 0 Å². The third-order valence-corrected chi connectivity index (χ3v) is 2.50. The molecule has 12 heavy (non-hydrogen) atoms. The number of nitrogens with two attached hydrogens (primary N) is 1. The highest BCUT2D eigenvalue weighted by atomic mass is 79.9. The molecule has 0 aliphatic carbocycles. The minimum absolute atomic E-state index is 0.0746. The predicted octanol–water partition coefficient (Wildman–Crippen LogP) is 2.63. The molecule has 2 nitrogen and oxygen atoms in total. The Morgan fingerprint density at radius 3 is 2.75 bits per heavy atom. The molecule has 66 valence electrons. The van der Waals surface area contributed by atoms with Gasteiger partial charge in [0.05, 0.1) is 0 Å². The van der Waals surface area contributed by atoms with Crippen molar-refractivity contribution in [3.8, 4) is 0 Å². The van der Waals surface area contributed by atoms with E-state index in [-0.39, 0.29) is 6.04 Å². The van der Waals surface area contributed by atoms with Crippen molar-refractivity contribution in [1.82, 2.24) is 5.43 Å². The van der Waals surface area contributed by atoms with Crippen LogP contribution in [-0.4, -0.2) is 0 Å². The quantitative estimate of drug-likeness (QED) is 0.625. The maximum absolute atomic E-state index is 5.98. The lowest BCUT2D eigenvalue weighted by molar-refractivity contribution is 0.602. The average Bonchev–Trinajstić information content (AvgIpc) is 2.03. The summed E-state index contributed by atoms with van der Waals surface area (Å²) in [5.74, 6) is 5.29. The molecule has 0 saturated heterocycles. The van der Waals surface area contributed by atoms with Crippen LogP contribution < -0.4 is 11.3 Å². The molecule has 1 rings (SSSR count). The highest BCUT2D eigenvalue weighted by Crippen LogP contribution is 2.25. The van der Waals surface area contributed by atoms with Crippen molar-refractivity contribution in [1.29, 1.82) is 0 Å². The Hall–Kier alpha value is -0.0900. The first kappa shape index (κ1) is 9.99. The van der Waals surface area contributed by atoms with Crippen LogP contribution in [0.2, 0.25) is 5.02 Å². The van der Waals surface area contributed by atoms with Crippen molar-refractivity contribution in [3.63, 3.8) is 0 Å². The van der Waals surface area contributed by atoms with Gasteiger partial charge in [0.1, 0.15) is 0 Å². The zero-order valence-electron chi connectivity index (χ0n) is 6.64. The molecule has 0 amide bonds. The standard InChI is InChI=1S/C8H10BrClN2/c1-5(12-11)7-3-2-6(9)4-8(7)10/h2-5,12H,11H2,1H3. The molecule has 0 aliphatic heterocycles. The second-order valence-corrected chi connectivity index (χ2v) is 3.88. The summed E-state index contributed by atoms with van der Waals surface area (Å²) in [6, 6.07) is 5.81. The summed E-state index contributed by atoms with van der Waals surface area (Å²) in [5, 5.41) is 0.717. The van der Waals surface area contributed by atoms with Gasteiger partial charge < -0.3 is 0 Å². The summed E-state index contributed by atoms with van der Waals surface area (Å²) in [4.78, 5) is 0. The number of benzene rings is 1. The van der Waals surface area contributed by atoms with Gasteiger partial charge in [-0.1, -0.05) is 33.6 Å². The minimum atomic E-state index is 0.0746. The molecule has 1 aromatic carbocycles. The molecule has 0 spiro atoms. The van der Waals surface area contributed by atoms with Crippen LogP contribution in [0.4, 0.5) is 0 Å². The Balaban J connectivity index is 3.01. The SMILES string of the molecule is CC(NN)c1ccc(Br)cc1Cl. The number of rotatable bonds is 2. The van der Waals surface area contributed by atoms with Crippen molar-refractivity contribution in [2.75, 3.05) is 0 Å². The van der Waals surface area contributed by atoms with E-state index in [1.165, 1.54) is 0 Å². The Morgan fingerprint density at radius 1 is 1.58 bits per heavy atom. The third-order valence-electron chi connectivity index (χ3n) is 1.68. The fourth-order valence-corrected chi connectivity index (χ4v) is 1.78. The number of hydrazine groups is 1. The lowest BCUT2D eigenvalue weighted by atomic mass is 10.1. The predicted molar refractivity (Wildman–Crippen MR) is 54.9 cm³/mol. The molecule has 1 unspecified atom stereocenters. The van der Waals surface area contributed by atoms with Gasteiger partial charge in [0.25, 0.3) is 0 Å². The molecular weight excluding hydrogens is 239 g/mol.